The third kappa shape index (κ3) is 3.01. The van der Waals surface area contributed by atoms with E-state index in [1.165, 1.54) is 31.0 Å². The molecule has 0 spiro atoms. The molecule has 0 aromatic rings. The Kier molecular flexibility index (Phi) is 3.90. The molecule has 80 valence electrons. The summed E-state index contributed by atoms with van der Waals surface area (Å²) in [6.07, 6.45) is 3.63. The first-order chi connectivity index (χ1) is 6.84. The maximum absolute atomic E-state index is 3.59. The molecule has 0 unspecified atom stereocenters. The van der Waals surface area contributed by atoms with Crippen LogP contribution >= 0.6 is 11.8 Å². The fraction of sp³-hybridized carbons (Fsp3) is 0.818. The van der Waals surface area contributed by atoms with Gasteiger partial charge in [-0.2, -0.15) is 11.8 Å². The fourth-order valence-electron chi connectivity index (χ4n) is 1.80. The van der Waals surface area contributed by atoms with Gasteiger partial charge in [0.15, 0.2) is 0 Å². The van der Waals surface area contributed by atoms with Gasteiger partial charge in [-0.3, -0.25) is 4.90 Å². The second kappa shape index (κ2) is 5.19. The molecule has 1 saturated heterocycles. The van der Waals surface area contributed by atoms with Crippen molar-refractivity contribution in [2.45, 2.75) is 19.4 Å². The van der Waals surface area contributed by atoms with Crippen LogP contribution in [0.15, 0.2) is 11.6 Å². The molecule has 0 atom stereocenters. The molecule has 2 heterocycles. The molecule has 2 nitrogen and oxygen atoms in total. The molecule has 3 heteroatoms. The van der Waals surface area contributed by atoms with Gasteiger partial charge in [0.25, 0.3) is 0 Å². The van der Waals surface area contributed by atoms with Crippen LogP contribution in [-0.4, -0.2) is 48.6 Å². The summed E-state index contributed by atoms with van der Waals surface area (Å²) >= 11 is 2.05. The van der Waals surface area contributed by atoms with Crippen LogP contribution in [-0.2, 0) is 0 Å². The zero-order chi connectivity index (χ0) is 9.80. The minimum atomic E-state index is 0.807. The summed E-state index contributed by atoms with van der Waals surface area (Å²) in [6.45, 7) is 7.03. The van der Waals surface area contributed by atoms with Crippen LogP contribution in [0, 0.1) is 0 Å². The van der Waals surface area contributed by atoms with E-state index in [1.54, 1.807) is 5.57 Å². The van der Waals surface area contributed by atoms with E-state index in [1.807, 2.05) is 11.8 Å². The maximum Gasteiger partial charge on any atom is 0.0249 e. The van der Waals surface area contributed by atoms with Crippen molar-refractivity contribution in [1.82, 2.24) is 10.2 Å². The van der Waals surface area contributed by atoms with E-state index in [0.29, 0.717) is 0 Å². The van der Waals surface area contributed by atoms with E-state index < -0.39 is 0 Å². The Balaban J connectivity index is 1.57. The summed E-state index contributed by atoms with van der Waals surface area (Å²) in [6, 6.07) is 0.807. The van der Waals surface area contributed by atoms with Crippen LogP contribution in [0.4, 0.5) is 0 Å². The highest BCUT2D eigenvalue weighted by atomic mass is 32.2. The van der Waals surface area contributed by atoms with Gasteiger partial charge in [-0.05, 0) is 13.3 Å². The molecule has 0 amide bonds. The van der Waals surface area contributed by atoms with Gasteiger partial charge in [-0.15, -0.1) is 0 Å². The molecule has 1 fully saturated rings. The van der Waals surface area contributed by atoms with Crippen molar-refractivity contribution in [2.75, 3.05) is 37.7 Å². The standard InChI is InChI=1S/C11H20N2S/c1-10-2-5-13(6-3-10)7-4-12-11-8-14-9-11/h2,11-12H,3-9H2,1H3. The van der Waals surface area contributed by atoms with E-state index in [2.05, 4.69) is 23.2 Å². The molecule has 2 aliphatic heterocycles. The van der Waals surface area contributed by atoms with Gasteiger partial charge in [-0.1, -0.05) is 11.6 Å². The van der Waals surface area contributed by atoms with E-state index in [9.17, 15) is 0 Å². The van der Waals surface area contributed by atoms with Crippen LogP contribution in [0.5, 0.6) is 0 Å². The van der Waals surface area contributed by atoms with Crippen LogP contribution in [0.2, 0.25) is 0 Å². The Morgan fingerprint density at radius 2 is 2.43 bits per heavy atom. The SMILES string of the molecule is CC1=CCN(CCNC2CSC2)CC1. The van der Waals surface area contributed by atoms with Crippen LogP contribution in [0.25, 0.3) is 0 Å². The van der Waals surface area contributed by atoms with E-state index in [0.717, 1.165) is 19.1 Å². The summed E-state index contributed by atoms with van der Waals surface area (Å²) < 4.78 is 0. The predicted molar refractivity (Wildman–Crippen MR) is 63.9 cm³/mol. The van der Waals surface area contributed by atoms with E-state index in [4.69, 9.17) is 0 Å². The Morgan fingerprint density at radius 3 is 3.00 bits per heavy atom. The van der Waals surface area contributed by atoms with E-state index in [-0.39, 0.29) is 0 Å². The molecule has 0 bridgehead atoms. The van der Waals surface area contributed by atoms with Crippen LogP contribution < -0.4 is 5.32 Å². The number of hydrogen-bond acceptors (Lipinski definition) is 3. The highest BCUT2D eigenvalue weighted by Crippen LogP contribution is 2.16. The molecule has 14 heavy (non-hydrogen) atoms. The summed E-state index contributed by atoms with van der Waals surface area (Å²) in [5.74, 6) is 2.64. The molecule has 2 aliphatic rings. The Hall–Kier alpha value is 0.0100. The molecule has 1 N–H and O–H groups in total. The molecule has 0 saturated carbocycles. The molecule has 0 aromatic heterocycles. The summed E-state index contributed by atoms with van der Waals surface area (Å²) in [7, 11) is 0. The summed E-state index contributed by atoms with van der Waals surface area (Å²) in [4.78, 5) is 2.53. The highest BCUT2D eigenvalue weighted by molar-refractivity contribution is 8.00. The topological polar surface area (TPSA) is 15.3 Å². The van der Waals surface area contributed by atoms with Gasteiger partial charge in [0.2, 0.25) is 0 Å². The normalized spacial score (nSPS) is 24.5. The lowest BCUT2D eigenvalue weighted by molar-refractivity contribution is 0.289. The third-order valence-electron chi connectivity index (χ3n) is 3.02. The first-order valence-electron chi connectivity index (χ1n) is 5.54. The van der Waals surface area contributed by atoms with Gasteiger partial charge in [0.05, 0.1) is 0 Å². The van der Waals surface area contributed by atoms with Crippen molar-refractivity contribution < 1.29 is 0 Å². The molecule has 0 aromatic carbocycles. The van der Waals surface area contributed by atoms with Crippen LogP contribution in [0.3, 0.4) is 0 Å². The fourth-order valence-corrected chi connectivity index (χ4v) is 2.50. The Bertz CT molecular complexity index is 211. The van der Waals surface area contributed by atoms with Crippen molar-refractivity contribution >= 4 is 11.8 Å². The zero-order valence-corrected chi connectivity index (χ0v) is 9.78. The summed E-state index contributed by atoms with van der Waals surface area (Å²) in [5, 5.41) is 3.59. The van der Waals surface area contributed by atoms with Crippen molar-refractivity contribution in [3.8, 4) is 0 Å². The van der Waals surface area contributed by atoms with Gasteiger partial charge in [-0.25, -0.2) is 0 Å². The molecular formula is C11H20N2S. The molecular weight excluding hydrogens is 192 g/mol. The largest absolute Gasteiger partial charge is 0.311 e. The minimum Gasteiger partial charge on any atom is -0.311 e. The highest BCUT2D eigenvalue weighted by Gasteiger charge is 2.17. The number of rotatable bonds is 4. The zero-order valence-electron chi connectivity index (χ0n) is 8.96. The quantitative estimate of drug-likeness (QED) is 0.708. The van der Waals surface area contributed by atoms with Gasteiger partial charge >= 0.3 is 0 Å². The van der Waals surface area contributed by atoms with Crippen molar-refractivity contribution in [2.24, 2.45) is 0 Å². The van der Waals surface area contributed by atoms with Crippen molar-refractivity contribution in [3.05, 3.63) is 11.6 Å². The Labute approximate surface area is 91.1 Å². The van der Waals surface area contributed by atoms with Crippen LogP contribution in [0.1, 0.15) is 13.3 Å². The molecule has 2 rings (SSSR count). The number of thioether (sulfide) groups is 1. The number of hydrogen-bond donors (Lipinski definition) is 1. The van der Waals surface area contributed by atoms with Crippen molar-refractivity contribution in [1.29, 1.82) is 0 Å². The second-order valence-electron chi connectivity index (χ2n) is 4.29. The van der Waals surface area contributed by atoms with Gasteiger partial charge in [0, 0.05) is 43.7 Å². The molecule has 0 radical (unpaired) electrons. The Morgan fingerprint density at radius 1 is 1.57 bits per heavy atom. The lowest BCUT2D eigenvalue weighted by atomic mass is 10.1. The number of nitrogens with one attached hydrogen (secondary N) is 1. The average molecular weight is 212 g/mol. The summed E-state index contributed by atoms with van der Waals surface area (Å²) in [5.41, 5.74) is 1.56. The van der Waals surface area contributed by atoms with Crippen molar-refractivity contribution in [3.63, 3.8) is 0 Å². The number of nitrogens with zero attached hydrogens (tertiary/aromatic N) is 1. The lowest BCUT2D eigenvalue weighted by Crippen LogP contribution is -2.44. The molecule has 0 aliphatic carbocycles. The monoisotopic (exact) mass is 212 g/mol. The smallest absolute Gasteiger partial charge is 0.0249 e. The maximum atomic E-state index is 3.59. The first kappa shape index (κ1) is 10.5. The third-order valence-corrected chi connectivity index (χ3v) is 4.30. The average Bonchev–Trinajstić information content (AvgIpc) is 2.12. The van der Waals surface area contributed by atoms with Gasteiger partial charge in [0.1, 0.15) is 0 Å². The first-order valence-corrected chi connectivity index (χ1v) is 6.69. The predicted octanol–water partition coefficient (Wildman–Crippen LogP) is 1.34. The second-order valence-corrected chi connectivity index (χ2v) is 5.36. The van der Waals surface area contributed by atoms with E-state index >= 15 is 0 Å². The van der Waals surface area contributed by atoms with Gasteiger partial charge < -0.3 is 5.32 Å². The minimum absolute atomic E-state index is 0.807. The lowest BCUT2D eigenvalue weighted by Gasteiger charge is -2.29.